The van der Waals surface area contributed by atoms with E-state index in [0.29, 0.717) is 52.5 Å². The fraction of sp³-hybridized carbons (Fsp3) is 0.208. The molecule has 2 aromatic heterocycles. The summed E-state index contributed by atoms with van der Waals surface area (Å²) in [6, 6.07) is 14.6. The Balaban J connectivity index is 1.26. The number of benzene rings is 2. The minimum Gasteiger partial charge on any atom is -0.493 e. The lowest BCUT2D eigenvalue weighted by atomic mass is 10.2. The van der Waals surface area contributed by atoms with E-state index in [1.54, 1.807) is 37.1 Å². The van der Waals surface area contributed by atoms with Gasteiger partial charge in [0.2, 0.25) is 18.5 Å². The summed E-state index contributed by atoms with van der Waals surface area (Å²) in [4.78, 5) is 17.1. The number of amides is 1. The maximum Gasteiger partial charge on any atom is 0.274 e. The van der Waals surface area contributed by atoms with E-state index in [-0.39, 0.29) is 19.2 Å². The van der Waals surface area contributed by atoms with Crippen molar-refractivity contribution in [1.29, 1.82) is 0 Å². The van der Waals surface area contributed by atoms with E-state index >= 15 is 0 Å². The first-order valence-corrected chi connectivity index (χ1v) is 10.5. The van der Waals surface area contributed by atoms with Gasteiger partial charge >= 0.3 is 0 Å². The fourth-order valence-corrected chi connectivity index (χ4v) is 3.63. The lowest BCUT2D eigenvalue weighted by Crippen LogP contribution is -2.27. The van der Waals surface area contributed by atoms with Crippen LogP contribution in [0.4, 0.5) is 0 Å². The molecule has 174 valence electrons. The third-order valence-corrected chi connectivity index (χ3v) is 5.36. The zero-order valence-corrected chi connectivity index (χ0v) is 18.6. The molecule has 0 radical (unpaired) electrons. The largest absolute Gasteiger partial charge is 0.493 e. The van der Waals surface area contributed by atoms with Crippen LogP contribution in [-0.4, -0.2) is 41.6 Å². The van der Waals surface area contributed by atoms with Crippen LogP contribution < -0.4 is 24.3 Å². The number of hydrogen-bond donors (Lipinski definition) is 1. The molecule has 10 heteroatoms. The topological polar surface area (TPSA) is 110 Å². The van der Waals surface area contributed by atoms with Crippen molar-refractivity contribution in [3.05, 3.63) is 60.3 Å². The highest BCUT2D eigenvalue weighted by atomic mass is 16.7. The molecule has 4 aromatic rings. The zero-order valence-electron chi connectivity index (χ0n) is 18.6. The summed E-state index contributed by atoms with van der Waals surface area (Å²) in [6.07, 6.45) is 1.79. The molecule has 1 aliphatic heterocycles. The third-order valence-electron chi connectivity index (χ3n) is 5.36. The Labute approximate surface area is 195 Å². The molecule has 0 spiro atoms. The highest BCUT2D eigenvalue weighted by Crippen LogP contribution is 2.33. The number of methoxy groups -OCH3 is 2. The van der Waals surface area contributed by atoms with Gasteiger partial charge < -0.3 is 33.4 Å². The average Bonchev–Trinajstić information content (AvgIpc) is 3.62. The van der Waals surface area contributed by atoms with E-state index < -0.39 is 0 Å². The maximum atomic E-state index is 12.6. The first kappa shape index (κ1) is 21.4. The van der Waals surface area contributed by atoms with Crippen LogP contribution in [0.15, 0.2) is 59.3 Å². The van der Waals surface area contributed by atoms with Crippen LogP contribution in [0.1, 0.15) is 5.56 Å². The Hall–Kier alpha value is -4.47. The molecule has 5 rings (SSSR count). The molecule has 1 amide bonds. The van der Waals surface area contributed by atoms with Gasteiger partial charge in [-0.3, -0.25) is 4.79 Å². The van der Waals surface area contributed by atoms with E-state index in [1.165, 1.54) is 0 Å². The Morgan fingerprint density at radius 3 is 2.76 bits per heavy atom. The first-order valence-electron chi connectivity index (χ1n) is 10.5. The van der Waals surface area contributed by atoms with Crippen LogP contribution in [0.2, 0.25) is 0 Å². The summed E-state index contributed by atoms with van der Waals surface area (Å²) >= 11 is 0. The van der Waals surface area contributed by atoms with Gasteiger partial charge in [0.15, 0.2) is 23.0 Å². The van der Waals surface area contributed by atoms with Crippen molar-refractivity contribution in [2.75, 3.05) is 21.0 Å². The summed E-state index contributed by atoms with van der Waals surface area (Å²) in [7, 11) is 3.14. The molecular formula is C24H22N4O6. The van der Waals surface area contributed by atoms with Crippen LogP contribution >= 0.6 is 0 Å². The molecule has 3 heterocycles. The van der Waals surface area contributed by atoms with Gasteiger partial charge in [-0.2, -0.15) is 4.98 Å². The molecule has 0 saturated carbocycles. The van der Waals surface area contributed by atoms with Crippen molar-refractivity contribution in [3.63, 3.8) is 0 Å². The molecule has 0 fully saturated rings. The lowest BCUT2D eigenvalue weighted by Gasteiger charge is -2.09. The van der Waals surface area contributed by atoms with Gasteiger partial charge in [0.05, 0.1) is 14.2 Å². The smallest absolute Gasteiger partial charge is 0.274 e. The summed E-state index contributed by atoms with van der Waals surface area (Å²) in [5.41, 5.74) is 2.27. The third kappa shape index (κ3) is 4.25. The number of nitrogens with zero attached hydrogens (tertiary/aromatic N) is 3. The number of ether oxygens (including phenoxy) is 4. The van der Waals surface area contributed by atoms with Gasteiger partial charge in [-0.25, -0.2) is 0 Å². The second-order valence-electron chi connectivity index (χ2n) is 7.48. The van der Waals surface area contributed by atoms with E-state index in [0.717, 1.165) is 5.56 Å². The number of carbonyl (C=O) groups excluding carboxylic acids is 1. The van der Waals surface area contributed by atoms with Crippen molar-refractivity contribution in [2.45, 2.75) is 13.1 Å². The minimum absolute atomic E-state index is 0.0982. The van der Waals surface area contributed by atoms with Gasteiger partial charge in [-0.05, 0) is 48.0 Å². The molecular weight excluding hydrogens is 440 g/mol. The molecule has 0 saturated heterocycles. The van der Waals surface area contributed by atoms with Crippen LogP contribution in [0.3, 0.4) is 0 Å². The molecule has 2 aromatic carbocycles. The number of aromatic nitrogens is 3. The standard InChI is InChI=1S/C24H22N4O6/c1-30-18-8-6-16(11-20(18)31-2)23-26-24(34-27-23)17-4-3-9-28(17)13-22(29)25-12-15-5-7-19-21(10-15)33-14-32-19/h3-11H,12-14H2,1-2H3,(H,25,29). The Kier molecular flexibility index (Phi) is 5.77. The van der Waals surface area contributed by atoms with Gasteiger partial charge in [-0.1, -0.05) is 11.2 Å². The average molecular weight is 462 g/mol. The molecule has 0 unspecified atom stereocenters. The molecule has 0 aliphatic carbocycles. The molecule has 34 heavy (non-hydrogen) atoms. The highest BCUT2D eigenvalue weighted by Gasteiger charge is 2.17. The van der Waals surface area contributed by atoms with E-state index in [4.69, 9.17) is 23.5 Å². The van der Waals surface area contributed by atoms with Gasteiger partial charge in [0.1, 0.15) is 12.2 Å². The number of hydrogen-bond acceptors (Lipinski definition) is 8. The van der Waals surface area contributed by atoms with E-state index in [2.05, 4.69) is 15.5 Å². The van der Waals surface area contributed by atoms with Gasteiger partial charge in [-0.15, -0.1) is 0 Å². The predicted octanol–water partition coefficient (Wildman–Crippen LogP) is 3.27. The van der Waals surface area contributed by atoms with Crippen LogP contribution in [0.25, 0.3) is 23.0 Å². The molecule has 10 nitrogen and oxygen atoms in total. The highest BCUT2D eigenvalue weighted by molar-refractivity contribution is 5.76. The predicted molar refractivity (Wildman–Crippen MR) is 121 cm³/mol. The summed E-state index contributed by atoms with van der Waals surface area (Å²) in [5, 5.41) is 6.99. The normalized spacial score (nSPS) is 11.9. The van der Waals surface area contributed by atoms with Crippen LogP contribution in [0, 0.1) is 0 Å². The number of rotatable bonds is 8. The van der Waals surface area contributed by atoms with E-state index in [1.807, 2.05) is 36.4 Å². The van der Waals surface area contributed by atoms with Crippen molar-refractivity contribution in [3.8, 4) is 46.0 Å². The van der Waals surface area contributed by atoms with Crippen LogP contribution in [0.5, 0.6) is 23.0 Å². The molecule has 0 atom stereocenters. The van der Waals surface area contributed by atoms with E-state index in [9.17, 15) is 4.79 Å². The SMILES string of the molecule is COc1ccc(-c2noc(-c3cccn3CC(=O)NCc3ccc4c(c3)OCO4)n2)cc1OC. The number of fused-ring (bicyclic) bond motifs is 1. The first-order chi connectivity index (χ1) is 16.6. The second-order valence-corrected chi connectivity index (χ2v) is 7.48. The van der Waals surface area contributed by atoms with Gasteiger partial charge in [0, 0.05) is 18.3 Å². The lowest BCUT2D eigenvalue weighted by molar-refractivity contribution is -0.121. The zero-order chi connectivity index (χ0) is 23.5. The van der Waals surface area contributed by atoms with Crippen molar-refractivity contribution >= 4 is 5.91 Å². The Morgan fingerprint density at radius 2 is 1.91 bits per heavy atom. The monoisotopic (exact) mass is 462 g/mol. The second kappa shape index (κ2) is 9.18. The maximum absolute atomic E-state index is 12.6. The quantitative estimate of drug-likeness (QED) is 0.425. The van der Waals surface area contributed by atoms with Crippen LogP contribution in [-0.2, 0) is 17.9 Å². The Morgan fingerprint density at radius 1 is 1.06 bits per heavy atom. The fourth-order valence-electron chi connectivity index (χ4n) is 3.63. The van der Waals surface area contributed by atoms with Crippen molar-refractivity contribution in [1.82, 2.24) is 20.0 Å². The summed E-state index contributed by atoms with van der Waals surface area (Å²) in [6.45, 7) is 0.683. The number of carbonyl (C=O) groups is 1. The summed E-state index contributed by atoms with van der Waals surface area (Å²) < 4.78 is 28.5. The minimum atomic E-state index is -0.158. The molecule has 0 bridgehead atoms. The Bertz CT molecular complexity index is 1330. The van der Waals surface area contributed by atoms with Crippen molar-refractivity contribution < 1.29 is 28.3 Å². The molecule has 1 aliphatic rings. The van der Waals surface area contributed by atoms with Crippen molar-refractivity contribution in [2.24, 2.45) is 0 Å². The summed E-state index contributed by atoms with van der Waals surface area (Å²) in [5.74, 6) is 3.11. The number of nitrogens with one attached hydrogen (secondary N) is 1. The van der Waals surface area contributed by atoms with Gasteiger partial charge in [0.25, 0.3) is 5.89 Å². The molecule has 1 N–H and O–H groups in total.